The Morgan fingerprint density at radius 2 is 1.70 bits per heavy atom. The fraction of sp³-hybridized carbons (Fsp3) is 0.308. The van der Waals surface area contributed by atoms with Gasteiger partial charge in [0.25, 0.3) is 5.91 Å². The molecule has 2 aromatic carbocycles. The fourth-order valence-electron chi connectivity index (χ4n) is 5.45. The van der Waals surface area contributed by atoms with Crippen LogP contribution in [0.4, 0.5) is 0 Å². The number of para-hydroxylation sites is 1. The van der Waals surface area contributed by atoms with Crippen molar-refractivity contribution in [1.29, 1.82) is 0 Å². The van der Waals surface area contributed by atoms with Crippen LogP contribution in [0, 0.1) is 11.8 Å². The van der Waals surface area contributed by atoms with Crippen LogP contribution in [-0.4, -0.2) is 42.0 Å². The minimum Gasteiger partial charge on any atom is -0.338 e. The highest BCUT2D eigenvalue weighted by molar-refractivity contribution is 6.09. The van der Waals surface area contributed by atoms with E-state index in [-0.39, 0.29) is 5.91 Å². The molecule has 0 radical (unpaired) electrons. The number of nitrogens with zero attached hydrogens (tertiary/aromatic N) is 2. The molecule has 3 aromatic rings. The minimum absolute atomic E-state index is 0.195. The van der Waals surface area contributed by atoms with Crippen molar-refractivity contribution >= 4 is 28.5 Å². The highest BCUT2D eigenvalue weighted by atomic mass is 16.2. The summed E-state index contributed by atoms with van der Waals surface area (Å²) in [5.41, 5.74) is 6.38. The van der Waals surface area contributed by atoms with E-state index in [9.17, 15) is 4.79 Å². The highest BCUT2D eigenvalue weighted by Crippen LogP contribution is 2.39. The van der Waals surface area contributed by atoms with Crippen molar-refractivity contribution in [2.24, 2.45) is 11.8 Å². The molecule has 150 valence electrons. The van der Waals surface area contributed by atoms with Gasteiger partial charge in [0.15, 0.2) is 0 Å². The lowest BCUT2D eigenvalue weighted by Crippen LogP contribution is -2.32. The summed E-state index contributed by atoms with van der Waals surface area (Å²) in [7, 11) is 0. The highest BCUT2D eigenvalue weighted by Gasteiger charge is 2.39. The van der Waals surface area contributed by atoms with Crippen LogP contribution in [0.15, 0.2) is 54.6 Å². The van der Waals surface area contributed by atoms with Crippen molar-refractivity contribution in [1.82, 2.24) is 15.2 Å². The topological polar surface area (TPSA) is 45.2 Å². The Morgan fingerprint density at radius 1 is 0.967 bits per heavy atom. The van der Waals surface area contributed by atoms with Crippen LogP contribution in [0.25, 0.3) is 22.6 Å². The largest absolute Gasteiger partial charge is 0.338 e. The summed E-state index contributed by atoms with van der Waals surface area (Å²) in [4.78, 5) is 20.9. The Morgan fingerprint density at radius 3 is 2.50 bits per heavy atom. The molecular formula is C26H25N3O. The third-order valence-electron chi connectivity index (χ3n) is 6.97. The zero-order valence-electron chi connectivity index (χ0n) is 17.0. The number of allylic oxidation sites excluding steroid dienone is 1. The molecule has 2 aliphatic heterocycles. The summed E-state index contributed by atoms with van der Waals surface area (Å²) < 4.78 is 0. The molecule has 3 aliphatic rings. The number of benzene rings is 2. The zero-order valence-corrected chi connectivity index (χ0v) is 17.0. The van der Waals surface area contributed by atoms with Crippen LogP contribution >= 0.6 is 0 Å². The molecule has 0 saturated carbocycles. The summed E-state index contributed by atoms with van der Waals surface area (Å²) in [6.07, 6.45) is 4.05. The Labute approximate surface area is 176 Å². The lowest BCUT2D eigenvalue weighted by molar-refractivity contribution is 0.0782. The molecule has 0 unspecified atom stereocenters. The Hall–Kier alpha value is -2.98. The van der Waals surface area contributed by atoms with Crippen molar-refractivity contribution in [3.05, 3.63) is 77.0 Å². The number of likely N-dealkylation sites (tertiary alicyclic amines) is 1. The van der Waals surface area contributed by atoms with E-state index in [0.717, 1.165) is 66.7 Å². The number of carbonyl (C=O) groups excluding carboxylic acids is 1. The molecule has 4 heteroatoms. The number of pyridine rings is 1. The molecule has 0 bridgehead atoms. The van der Waals surface area contributed by atoms with Gasteiger partial charge in [-0.05, 0) is 53.5 Å². The molecular weight excluding hydrogens is 370 g/mol. The van der Waals surface area contributed by atoms with Gasteiger partial charge in [-0.3, -0.25) is 4.79 Å². The maximum Gasteiger partial charge on any atom is 0.254 e. The lowest BCUT2D eigenvalue weighted by Gasteiger charge is -2.20. The quantitative estimate of drug-likeness (QED) is 0.713. The van der Waals surface area contributed by atoms with E-state index in [1.807, 2.05) is 24.3 Å². The molecule has 6 rings (SSSR count). The van der Waals surface area contributed by atoms with Crippen LogP contribution in [0.1, 0.15) is 33.6 Å². The number of hydrogen-bond donors (Lipinski definition) is 1. The predicted molar refractivity (Wildman–Crippen MR) is 120 cm³/mol. The van der Waals surface area contributed by atoms with Gasteiger partial charge in [-0.15, -0.1) is 0 Å². The van der Waals surface area contributed by atoms with Crippen LogP contribution < -0.4 is 5.32 Å². The standard InChI is InChI=1S/C26H25N3O/c30-26(29-15-19-13-27-14-20(19)16-29)24-21-8-4-5-9-23(21)28-25-18(10-11-22(24)25)12-17-6-2-1-3-7-17/h1-9,12,19-20,27H,10-11,13-16H2/b18-12-/t19-,20+. The summed E-state index contributed by atoms with van der Waals surface area (Å²) in [5, 5.41) is 4.47. The maximum atomic E-state index is 13.8. The van der Waals surface area contributed by atoms with Crippen LogP contribution in [0.3, 0.4) is 0 Å². The number of hydrogen-bond acceptors (Lipinski definition) is 3. The van der Waals surface area contributed by atoms with Gasteiger partial charge in [0, 0.05) is 31.6 Å². The maximum absolute atomic E-state index is 13.8. The van der Waals surface area contributed by atoms with Crippen LogP contribution in [-0.2, 0) is 6.42 Å². The van der Waals surface area contributed by atoms with Gasteiger partial charge in [-0.2, -0.15) is 0 Å². The number of amides is 1. The molecule has 4 nitrogen and oxygen atoms in total. The SMILES string of the molecule is O=C(c1c2c(nc3ccccc13)/C(=C\c1ccccc1)CC2)N1C[C@H]2CNC[C@H]2C1. The van der Waals surface area contributed by atoms with E-state index >= 15 is 0 Å². The third-order valence-corrected chi connectivity index (χ3v) is 6.97. The van der Waals surface area contributed by atoms with E-state index < -0.39 is 0 Å². The second-order valence-electron chi connectivity index (χ2n) is 8.80. The summed E-state index contributed by atoms with van der Waals surface area (Å²) in [6.45, 7) is 3.81. The Balaban J connectivity index is 1.46. The number of aromatic nitrogens is 1. The monoisotopic (exact) mass is 395 g/mol. The van der Waals surface area contributed by atoms with Gasteiger partial charge in [-0.1, -0.05) is 48.5 Å². The molecule has 2 fully saturated rings. The van der Waals surface area contributed by atoms with E-state index in [4.69, 9.17) is 4.98 Å². The second-order valence-corrected chi connectivity index (χ2v) is 8.80. The smallest absolute Gasteiger partial charge is 0.254 e. The van der Waals surface area contributed by atoms with Gasteiger partial charge in [0.05, 0.1) is 16.8 Å². The van der Waals surface area contributed by atoms with Gasteiger partial charge in [0.1, 0.15) is 0 Å². The Kier molecular flexibility index (Phi) is 4.20. The Bertz CT molecular complexity index is 1160. The average molecular weight is 396 g/mol. The molecule has 1 aliphatic carbocycles. The van der Waals surface area contributed by atoms with Crippen molar-refractivity contribution in [3.8, 4) is 0 Å². The molecule has 1 aromatic heterocycles. The number of fused-ring (bicyclic) bond motifs is 3. The van der Waals surface area contributed by atoms with Gasteiger partial charge >= 0.3 is 0 Å². The van der Waals surface area contributed by atoms with Gasteiger partial charge < -0.3 is 10.2 Å². The number of nitrogens with one attached hydrogen (secondary N) is 1. The lowest BCUT2D eigenvalue weighted by atomic mass is 9.99. The summed E-state index contributed by atoms with van der Waals surface area (Å²) >= 11 is 0. The third kappa shape index (κ3) is 2.86. The zero-order chi connectivity index (χ0) is 20.1. The van der Waals surface area contributed by atoms with Crippen molar-refractivity contribution in [3.63, 3.8) is 0 Å². The van der Waals surface area contributed by atoms with Crippen molar-refractivity contribution in [2.75, 3.05) is 26.2 Å². The molecule has 30 heavy (non-hydrogen) atoms. The average Bonchev–Trinajstić information content (AvgIpc) is 3.48. The first-order chi connectivity index (χ1) is 14.8. The van der Waals surface area contributed by atoms with Crippen molar-refractivity contribution < 1.29 is 4.79 Å². The normalized spacial score (nSPS) is 23.9. The van der Waals surface area contributed by atoms with Crippen LogP contribution in [0.2, 0.25) is 0 Å². The first-order valence-electron chi connectivity index (χ1n) is 11.0. The molecule has 3 heterocycles. The van der Waals surface area contributed by atoms with Crippen LogP contribution in [0.5, 0.6) is 0 Å². The van der Waals surface area contributed by atoms with Gasteiger partial charge in [-0.25, -0.2) is 4.98 Å². The summed E-state index contributed by atoms with van der Waals surface area (Å²) in [5.74, 6) is 1.40. The fourth-order valence-corrected chi connectivity index (χ4v) is 5.45. The molecule has 2 atom stereocenters. The van der Waals surface area contributed by atoms with Crippen molar-refractivity contribution in [2.45, 2.75) is 12.8 Å². The minimum atomic E-state index is 0.195. The van der Waals surface area contributed by atoms with E-state index in [1.54, 1.807) is 0 Å². The second kappa shape index (κ2) is 7.06. The summed E-state index contributed by atoms with van der Waals surface area (Å²) in [6, 6.07) is 18.5. The number of carbonyl (C=O) groups is 1. The van der Waals surface area contributed by atoms with E-state index in [0.29, 0.717) is 11.8 Å². The molecule has 1 amide bonds. The van der Waals surface area contributed by atoms with E-state index in [2.05, 4.69) is 46.6 Å². The molecule has 0 spiro atoms. The molecule has 2 saturated heterocycles. The number of rotatable bonds is 2. The first-order valence-corrected chi connectivity index (χ1v) is 11.0. The van der Waals surface area contributed by atoms with Gasteiger partial charge in [0.2, 0.25) is 0 Å². The van der Waals surface area contributed by atoms with E-state index in [1.165, 1.54) is 11.1 Å². The predicted octanol–water partition coefficient (Wildman–Crippen LogP) is 4.01. The molecule has 1 N–H and O–H groups in total. The first kappa shape index (κ1) is 17.8.